The molecule has 0 heterocycles. The van der Waals surface area contributed by atoms with Gasteiger partial charge in [0.05, 0.1) is 5.69 Å². The van der Waals surface area contributed by atoms with Crippen LogP contribution in [0.2, 0.25) is 0 Å². The molecule has 2 unspecified atom stereocenters. The summed E-state index contributed by atoms with van der Waals surface area (Å²) in [5.74, 6) is 2.30. The van der Waals surface area contributed by atoms with Gasteiger partial charge in [-0.2, -0.15) is 0 Å². The summed E-state index contributed by atoms with van der Waals surface area (Å²) in [6, 6.07) is 14.6. The zero-order valence-electron chi connectivity index (χ0n) is 12.5. The van der Waals surface area contributed by atoms with Crippen molar-refractivity contribution in [3.05, 3.63) is 42.5 Å². The van der Waals surface area contributed by atoms with Gasteiger partial charge in [0.25, 0.3) is 0 Å². The van der Waals surface area contributed by atoms with E-state index in [9.17, 15) is 4.79 Å². The standard InChI is InChI=1S/C19H21NO/c1-2-20(19(21)16-11-14-10-15(14)12-16)18-9-5-7-13-6-3-4-8-17(13)18/h3-9,14-16H,2,10-12H2,1H3. The van der Waals surface area contributed by atoms with E-state index >= 15 is 0 Å². The number of benzene rings is 2. The molecule has 0 aromatic heterocycles. The van der Waals surface area contributed by atoms with E-state index in [0.717, 1.165) is 36.9 Å². The van der Waals surface area contributed by atoms with Crippen LogP contribution in [0.25, 0.3) is 10.8 Å². The van der Waals surface area contributed by atoms with Crippen LogP contribution in [0.3, 0.4) is 0 Å². The number of rotatable bonds is 3. The molecule has 2 aliphatic carbocycles. The molecule has 2 atom stereocenters. The number of hydrogen-bond acceptors (Lipinski definition) is 1. The molecular formula is C19H21NO. The second-order valence-corrected chi connectivity index (χ2v) is 6.50. The summed E-state index contributed by atoms with van der Waals surface area (Å²) < 4.78 is 0. The maximum atomic E-state index is 12.9. The summed E-state index contributed by atoms with van der Waals surface area (Å²) in [5.41, 5.74) is 1.07. The fraction of sp³-hybridized carbons (Fsp3) is 0.421. The summed E-state index contributed by atoms with van der Waals surface area (Å²) in [4.78, 5) is 14.9. The van der Waals surface area contributed by atoms with Gasteiger partial charge >= 0.3 is 0 Å². The van der Waals surface area contributed by atoms with E-state index in [1.807, 2.05) is 4.90 Å². The van der Waals surface area contributed by atoms with E-state index in [4.69, 9.17) is 0 Å². The zero-order valence-corrected chi connectivity index (χ0v) is 12.5. The number of carbonyl (C=O) groups is 1. The first-order chi connectivity index (χ1) is 10.3. The van der Waals surface area contributed by atoms with Crippen LogP contribution in [-0.2, 0) is 4.79 Å². The van der Waals surface area contributed by atoms with Gasteiger partial charge in [0, 0.05) is 17.8 Å². The summed E-state index contributed by atoms with van der Waals surface area (Å²) >= 11 is 0. The molecule has 21 heavy (non-hydrogen) atoms. The van der Waals surface area contributed by atoms with Crippen LogP contribution in [0.15, 0.2) is 42.5 Å². The molecule has 0 saturated heterocycles. The molecule has 2 aromatic rings. The van der Waals surface area contributed by atoms with E-state index < -0.39 is 0 Å². The van der Waals surface area contributed by atoms with Crippen LogP contribution in [-0.4, -0.2) is 12.5 Å². The molecule has 1 amide bonds. The summed E-state index contributed by atoms with van der Waals surface area (Å²) in [5, 5.41) is 2.38. The topological polar surface area (TPSA) is 20.3 Å². The molecule has 4 rings (SSSR count). The van der Waals surface area contributed by atoms with Crippen molar-refractivity contribution in [2.75, 3.05) is 11.4 Å². The lowest BCUT2D eigenvalue weighted by atomic mass is 10.0. The fourth-order valence-corrected chi connectivity index (χ4v) is 4.03. The van der Waals surface area contributed by atoms with E-state index in [1.165, 1.54) is 17.2 Å². The van der Waals surface area contributed by atoms with Crippen LogP contribution < -0.4 is 4.90 Å². The molecule has 0 bridgehead atoms. The van der Waals surface area contributed by atoms with E-state index in [1.54, 1.807) is 0 Å². The Morgan fingerprint density at radius 1 is 1.05 bits per heavy atom. The second kappa shape index (κ2) is 4.87. The van der Waals surface area contributed by atoms with Crippen molar-refractivity contribution in [1.29, 1.82) is 0 Å². The molecule has 2 aromatic carbocycles. The third-order valence-electron chi connectivity index (χ3n) is 5.23. The molecule has 0 radical (unpaired) electrons. The van der Waals surface area contributed by atoms with Crippen LogP contribution in [0.5, 0.6) is 0 Å². The van der Waals surface area contributed by atoms with E-state index in [2.05, 4.69) is 49.4 Å². The molecule has 0 spiro atoms. The summed E-state index contributed by atoms with van der Waals surface area (Å²) in [6.45, 7) is 2.83. The highest BCUT2D eigenvalue weighted by molar-refractivity contribution is 6.04. The lowest BCUT2D eigenvalue weighted by Crippen LogP contribution is -2.35. The van der Waals surface area contributed by atoms with Crippen molar-refractivity contribution in [2.24, 2.45) is 17.8 Å². The van der Waals surface area contributed by atoms with Gasteiger partial charge in [0.2, 0.25) is 5.91 Å². The Kier molecular flexibility index (Phi) is 2.99. The highest BCUT2D eigenvalue weighted by Gasteiger charge is 2.48. The Morgan fingerprint density at radius 2 is 1.76 bits per heavy atom. The third-order valence-corrected chi connectivity index (χ3v) is 5.23. The highest BCUT2D eigenvalue weighted by Crippen LogP contribution is 2.54. The monoisotopic (exact) mass is 279 g/mol. The predicted octanol–water partition coefficient (Wildman–Crippen LogP) is 4.24. The van der Waals surface area contributed by atoms with Gasteiger partial charge in [0.1, 0.15) is 0 Å². The van der Waals surface area contributed by atoms with E-state index in [-0.39, 0.29) is 5.92 Å². The average Bonchev–Trinajstić information content (AvgIpc) is 3.14. The fourth-order valence-electron chi connectivity index (χ4n) is 4.03. The van der Waals surface area contributed by atoms with Crippen molar-refractivity contribution in [2.45, 2.75) is 26.2 Å². The number of carbonyl (C=O) groups excluding carboxylic acids is 1. The second-order valence-electron chi connectivity index (χ2n) is 6.50. The third kappa shape index (κ3) is 2.14. The first-order valence-electron chi connectivity index (χ1n) is 8.07. The Hall–Kier alpha value is -1.83. The maximum Gasteiger partial charge on any atom is 0.230 e. The largest absolute Gasteiger partial charge is 0.312 e. The lowest BCUT2D eigenvalue weighted by molar-refractivity contribution is -0.122. The van der Waals surface area contributed by atoms with Crippen LogP contribution in [0.1, 0.15) is 26.2 Å². The smallest absolute Gasteiger partial charge is 0.230 e. The normalized spacial score (nSPS) is 26.6. The van der Waals surface area contributed by atoms with Crippen molar-refractivity contribution in [1.82, 2.24) is 0 Å². The SMILES string of the molecule is CCN(C(=O)C1CC2CC2C1)c1cccc2ccccc12. The predicted molar refractivity (Wildman–Crippen MR) is 86.3 cm³/mol. The van der Waals surface area contributed by atoms with Gasteiger partial charge in [-0.05, 0) is 49.5 Å². The summed E-state index contributed by atoms with van der Waals surface area (Å²) in [6.07, 6.45) is 3.60. The molecule has 2 fully saturated rings. The first kappa shape index (κ1) is 12.9. The number of fused-ring (bicyclic) bond motifs is 2. The van der Waals surface area contributed by atoms with E-state index in [0.29, 0.717) is 5.91 Å². The van der Waals surface area contributed by atoms with Crippen LogP contribution in [0, 0.1) is 17.8 Å². The Bertz CT molecular complexity index is 678. The van der Waals surface area contributed by atoms with Gasteiger partial charge in [-0.25, -0.2) is 0 Å². The maximum absolute atomic E-state index is 12.9. The Balaban J connectivity index is 1.69. The molecule has 2 heteroatoms. The zero-order chi connectivity index (χ0) is 14.4. The van der Waals surface area contributed by atoms with Crippen molar-refractivity contribution in [3.63, 3.8) is 0 Å². The Labute approximate surface area is 125 Å². The van der Waals surface area contributed by atoms with Gasteiger partial charge in [-0.3, -0.25) is 4.79 Å². The summed E-state index contributed by atoms with van der Waals surface area (Å²) in [7, 11) is 0. The molecule has 2 saturated carbocycles. The van der Waals surface area contributed by atoms with Gasteiger partial charge in [-0.1, -0.05) is 36.4 Å². The van der Waals surface area contributed by atoms with Crippen molar-refractivity contribution in [3.8, 4) is 0 Å². The van der Waals surface area contributed by atoms with Crippen LogP contribution in [0.4, 0.5) is 5.69 Å². The quantitative estimate of drug-likeness (QED) is 0.823. The minimum absolute atomic E-state index is 0.257. The molecule has 2 aliphatic rings. The average molecular weight is 279 g/mol. The molecule has 108 valence electrons. The number of hydrogen-bond donors (Lipinski definition) is 0. The van der Waals surface area contributed by atoms with Crippen molar-refractivity contribution >= 4 is 22.4 Å². The van der Waals surface area contributed by atoms with Gasteiger partial charge in [0.15, 0.2) is 0 Å². The highest BCUT2D eigenvalue weighted by atomic mass is 16.2. The number of nitrogens with zero attached hydrogens (tertiary/aromatic N) is 1. The lowest BCUT2D eigenvalue weighted by Gasteiger charge is -2.26. The minimum Gasteiger partial charge on any atom is -0.312 e. The number of amides is 1. The number of anilines is 1. The van der Waals surface area contributed by atoms with Gasteiger partial charge in [-0.15, -0.1) is 0 Å². The molecule has 0 aliphatic heterocycles. The molecule has 0 N–H and O–H groups in total. The minimum atomic E-state index is 0.257. The molecular weight excluding hydrogens is 258 g/mol. The first-order valence-corrected chi connectivity index (χ1v) is 8.07. The Morgan fingerprint density at radius 3 is 2.52 bits per heavy atom. The van der Waals surface area contributed by atoms with Crippen molar-refractivity contribution < 1.29 is 4.79 Å². The van der Waals surface area contributed by atoms with Crippen LogP contribution >= 0.6 is 0 Å². The van der Waals surface area contributed by atoms with Gasteiger partial charge < -0.3 is 4.90 Å². The molecule has 2 nitrogen and oxygen atoms in total.